The first-order valence-corrected chi connectivity index (χ1v) is 33.7. The van der Waals surface area contributed by atoms with Gasteiger partial charge in [-0.05, 0) is 201 Å². The molecule has 87 heavy (non-hydrogen) atoms. The molecule has 0 aliphatic carbocycles. The van der Waals surface area contributed by atoms with Crippen molar-refractivity contribution in [1.29, 1.82) is 0 Å². The van der Waals surface area contributed by atoms with Crippen molar-refractivity contribution >= 4 is 11.3 Å². The highest BCUT2D eigenvalue weighted by molar-refractivity contribution is 7.09. The predicted molar refractivity (Wildman–Crippen MR) is 390 cm³/mol. The molecule has 0 unspecified atom stereocenters. The summed E-state index contributed by atoms with van der Waals surface area (Å²) >= 11 is 1.85. The second-order valence-corrected chi connectivity index (χ2v) is 28.0. The van der Waals surface area contributed by atoms with Crippen LogP contribution in [0.15, 0.2) is 193 Å². The van der Waals surface area contributed by atoms with Crippen LogP contribution in [0.4, 0.5) is 0 Å². The van der Waals surface area contributed by atoms with Gasteiger partial charge in [0.15, 0.2) is 0 Å². The SMILES string of the molecule is CC(C)Cc1ccccc1.CC(C)Cc1cccs1.COc1ccc(CC(C)C)cc1.COc1cccc(CC(C)C)c1.Cc1ccc(CC(C)C)cc1.Cc1ccc(CC(C)C)cc1.Cc1ccc(CC(C)C)cc1.Cc1ccc(CC(C)C)cc1. The van der Waals surface area contributed by atoms with Gasteiger partial charge in [0.1, 0.15) is 11.5 Å². The second-order valence-electron chi connectivity index (χ2n) is 27.0. The summed E-state index contributed by atoms with van der Waals surface area (Å²) in [6.45, 7) is 44.4. The largest absolute Gasteiger partial charge is 0.497 e. The standard InChI is InChI=1S/2C11H16O.4C11H16.C10H14.C8H12S/c1-9(2)8-10-4-6-11(12-3)7-5-10;1-9(2)7-10-5-4-6-11(8-10)12-3;4*1-9(2)8-11-6-4-10(3)5-7-11;1-9(2)8-10-6-4-3-5-7-10;1-7(2)6-8-4-3-5-9-8/h4-7,9H,8H2,1-3H3;4-6,8-9H,7H2,1-3H3;4*4-7,9H,8H2,1-3H3;3-7,9H,8H2,1-2H3;3-5,7H,6H2,1-2H3. The van der Waals surface area contributed by atoms with Crippen molar-refractivity contribution in [3.8, 4) is 11.5 Å². The Hall–Kier alpha value is -6.16. The smallest absolute Gasteiger partial charge is 0.119 e. The molecule has 0 amide bonds. The summed E-state index contributed by atoms with van der Waals surface area (Å²) < 4.78 is 10.2. The van der Waals surface area contributed by atoms with Crippen LogP contribution in [0.25, 0.3) is 0 Å². The molecule has 8 rings (SSSR count). The minimum absolute atomic E-state index is 0.706. The van der Waals surface area contributed by atoms with Gasteiger partial charge in [-0.3, -0.25) is 0 Å². The molecule has 0 fully saturated rings. The van der Waals surface area contributed by atoms with E-state index in [4.69, 9.17) is 9.47 Å². The van der Waals surface area contributed by atoms with Gasteiger partial charge in [0.2, 0.25) is 0 Å². The summed E-state index contributed by atoms with van der Waals surface area (Å²) in [5.74, 6) is 7.92. The molecule has 0 atom stereocenters. The Morgan fingerprint density at radius 1 is 0.253 bits per heavy atom. The van der Waals surface area contributed by atoms with Gasteiger partial charge in [0.25, 0.3) is 0 Å². The zero-order chi connectivity index (χ0) is 65.1. The molecule has 0 spiro atoms. The number of methoxy groups -OCH3 is 2. The lowest BCUT2D eigenvalue weighted by Crippen LogP contribution is -1.94. The highest BCUT2D eigenvalue weighted by Gasteiger charge is 2.02. The zero-order valence-electron chi connectivity index (χ0n) is 59.0. The van der Waals surface area contributed by atoms with Crippen LogP contribution in [-0.2, 0) is 51.4 Å². The molecule has 0 radical (unpaired) electrons. The lowest BCUT2D eigenvalue weighted by Gasteiger charge is -2.06. The number of aryl methyl sites for hydroxylation is 4. The van der Waals surface area contributed by atoms with Gasteiger partial charge in [-0.25, -0.2) is 0 Å². The van der Waals surface area contributed by atoms with Gasteiger partial charge < -0.3 is 9.47 Å². The lowest BCUT2D eigenvalue weighted by molar-refractivity contribution is 0.414. The topological polar surface area (TPSA) is 18.5 Å². The van der Waals surface area contributed by atoms with Crippen molar-refractivity contribution in [2.75, 3.05) is 14.2 Å². The summed E-state index contributed by atoms with van der Waals surface area (Å²) in [5, 5.41) is 2.14. The van der Waals surface area contributed by atoms with Crippen molar-refractivity contribution in [1.82, 2.24) is 0 Å². The van der Waals surface area contributed by atoms with E-state index in [1.165, 1.54) is 105 Å². The number of hydrogen-bond donors (Lipinski definition) is 0. The molecule has 2 nitrogen and oxygen atoms in total. The van der Waals surface area contributed by atoms with Gasteiger partial charge in [0.05, 0.1) is 14.2 Å². The summed E-state index contributed by atoms with van der Waals surface area (Å²) in [5.41, 5.74) is 15.4. The number of rotatable bonds is 18. The van der Waals surface area contributed by atoms with Crippen molar-refractivity contribution in [3.63, 3.8) is 0 Å². The normalized spacial score (nSPS) is 10.5. The Morgan fingerprint density at radius 2 is 0.517 bits per heavy atom. The molecule has 1 aromatic heterocycles. The van der Waals surface area contributed by atoms with E-state index in [0.29, 0.717) is 5.92 Å². The Morgan fingerprint density at radius 3 is 0.782 bits per heavy atom. The van der Waals surface area contributed by atoms with E-state index >= 15 is 0 Å². The van der Waals surface area contributed by atoms with Crippen LogP contribution in [0.2, 0.25) is 0 Å². The molecule has 0 N–H and O–H groups in total. The van der Waals surface area contributed by atoms with E-state index in [1.807, 2.05) is 35.6 Å². The van der Waals surface area contributed by atoms with Crippen molar-refractivity contribution in [2.45, 2.75) is 190 Å². The number of benzene rings is 7. The van der Waals surface area contributed by atoms with Crippen LogP contribution < -0.4 is 9.47 Å². The Balaban J connectivity index is 0.000000498. The van der Waals surface area contributed by atoms with Gasteiger partial charge >= 0.3 is 0 Å². The zero-order valence-corrected chi connectivity index (χ0v) is 59.8. The van der Waals surface area contributed by atoms with E-state index in [9.17, 15) is 0 Å². The highest BCUT2D eigenvalue weighted by Crippen LogP contribution is 2.18. The van der Waals surface area contributed by atoms with E-state index in [1.54, 1.807) is 14.2 Å². The Labute approximate surface area is 540 Å². The fourth-order valence-electron chi connectivity index (χ4n) is 9.20. The van der Waals surface area contributed by atoms with Crippen molar-refractivity contribution in [2.24, 2.45) is 47.3 Å². The third-order valence-corrected chi connectivity index (χ3v) is 14.2. The number of thiophene rings is 1. The molecule has 476 valence electrons. The predicted octanol–water partition coefficient (Wildman–Crippen LogP) is 24.4. The molecule has 0 saturated heterocycles. The van der Waals surface area contributed by atoms with Crippen molar-refractivity contribution < 1.29 is 9.47 Å². The molecule has 0 aliphatic heterocycles. The fraction of sp³-hybridized carbons (Fsp3) is 0.452. The molecule has 1 heterocycles. The van der Waals surface area contributed by atoms with Gasteiger partial charge in [-0.2, -0.15) is 0 Å². The van der Waals surface area contributed by atoms with E-state index < -0.39 is 0 Å². The monoisotopic (exact) mass is 1190 g/mol. The molecule has 0 saturated carbocycles. The van der Waals surface area contributed by atoms with Crippen LogP contribution in [0.1, 0.15) is 177 Å². The number of hydrogen-bond acceptors (Lipinski definition) is 3. The second kappa shape index (κ2) is 46.9. The fourth-order valence-corrected chi connectivity index (χ4v) is 10.1. The summed E-state index contributed by atoms with van der Waals surface area (Å²) in [6, 6.07) is 66.6. The quantitative estimate of drug-likeness (QED) is 0.0852. The van der Waals surface area contributed by atoms with Crippen LogP contribution in [0.3, 0.4) is 0 Å². The van der Waals surface area contributed by atoms with Crippen LogP contribution >= 0.6 is 11.3 Å². The molecule has 8 aromatic rings. The summed E-state index contributed by atoms with van der Waals surface area (Å²) in [6.07, 6.45) is 9.47. The van der Waals surface area contributed by atoms with Gasteiger partial charge in [-0.15, -0.1) is 11.3 Å². The molecule has 0 aliphatic rings. The minimum Gasteiger partial charge on any atom is -0.497 e. The maximum Gasteiger partial charge on any atom is 0.119 e. The lowest BCUT2D eigenvalue weighted by atomic mass is 10.0. The maximum absolute atomic E-state index is 5.14. The Kier molecular flexibility index (Phi) is 42.5. The third-order valence-electron chi connectivity index (χ3n) is 13.3. The highest BCUT2D eigenvalue weighted by atomic mass is 32.1. The average Bonchev–Trinajstić information content (AvgIpc) is 4.16. The summed E-state index contributed by atoms with van der Waals surface area (Å²) in [7, 11) is 3.39. The first-order chi connectivity index (χ1) is 41.2. The van der Waals surface area contributed by atoms with Crippen LogP contribution in [0, 0.1) is 75.0 Å². The first kappa shape index (κ1) is 78.9. The van der Waals surface area contributed by atoms with Gasteiger partial charge in [0, 0.05) is 4.88 Å². The van der Waals surface area contributed by atoms with E-state index in [2.05, 4.69) is 308 Å². The van der Waals surface area contributed by atoms with Crippen molar-refractivity contribution in [3.05, 3.63) is 260 Å². The summed E-state index contributed by atoms with van der Waals surface area (Å²) in [4.78, 5) is 1.50. The van der Waals surface area contributed by atoms with Crippen LogP contribution in [0.5, 0.6) is 11.5 Å². The third kappa shape index (κ3) is 44.0. The first-order valence-electron chi connectivity index (χ1n) is 32.8. The molecule has 7 aromatic carbocycles. The average molecular weight is 1200 g/mol. The molecule has 3 heteroatoms. The number of ether oxygens (including phenoxy) is 2. The minimum atomic E-state index is 0.706. The van der Waals surface area contributed by atoms with E-state index in [0.717, 1.165) is 65.8 Å². The van der Waals surface area contributed by atoms with Crippen LogP contribution in [-0.4, -0.2) is 14.2 Å². The van der Waals surface area contributed by atoms with Gasteiger partial charge in [-0.1, -0.05) is 291 Å². The molecule has 0 bridgehead atoms. The Bertz CT molecular complexity index is 2610. The molecular weight excluding hydrogens is 1070 g/mol. The maximum atomic E-state index is 5.14. The van der Waals surface area contributed by atoms with E-state index in [-0.39, 0.29) is 0 Å². The molecular formula is C84H122O2S.